The van der Waals surface area contributed by atoms with Gasteiger partial charge in [0.2, 0.25) is 0 Å². The van der Waals surface area contributed by atoms with E-state index >= 15 is 0 Å². The van der Waals surface area contributed by atoms with Gasteiger partial charge in [-0.1, -0.05) is 6.92 Å². The fourth-order valence-corrected chi connectivity index (χ4v) is 1.30. The molecule has 9 heavy (non-hydrogen) atoms. The van der Waals surface area contributed by atoms with Gasteiger partial charge in [0.25, 0.3) is 0 Å². The maximum absolute atomic E-state index is 9.64. The number of hydrogen-bond donors (Lipinski definition) is 0. The van der Waals surface area contributed by atoms with Gasteiger partial charge in [-0.05, 0) is 10.8 Å². The molecule has 0 aliphatic heterocycles. The van der Waals surface area contributed by atoms with E-state index in [4.69, 9.17) is 0 Å². The zero-order chi connectivity index (χ0) is 5.91. The van der Waals surface area contributed by atoms with Gasteiger partial charge in [-0.25, -0.2) is 8.42 Å². The maximum Gasteiger partial charge on any atom is 1.00 e. The molecule has 0 spiro atoms. The fraction of sp³-hybridized carbons (Fsp3) is 1.00. The summed E-state index contributed by atoms with van der Waals surface area (Å²) in [4.78, 5) is 0. The van der Waals surface area contributed by atoms with Crippen LogP contribution in [0.4, 0.5) is 0 Å². The smallest absolute Gasteiger partial charge is 0.739 e. The van der Waals surface area contributed by atoms with E-state index in [-0.39, 0.29) is 57.2 Å². The summed E-state index contributed by atoms with van der Waals surface area (Å²) in [6.07, 6.45) is 0. The molecule has 0 bridgehead atoms. The fourth-order valence-electron chi connectivity index (χ4n) is 0.144. The monoisotopic (exact) mass is 366 g/mol. The van der Waals surface area contributed by atoms with Crippen molar-refractivity contribution in [3.05, 3.63) is 0 Å². The van der Waals surface area contributed by atoms with E-state index in [9.17, 15) is 13.0 Å². The Morgan fingerprint density at radius 1 is 1.56 bits per heavy atom. The Morgan fingerprint density at radius 3 is 1.89 bits per heavy atom. The summed E-state index contributed by atoms with van der Waals surface area (Å²) in [7, 11) is -3.60. The molecule has 0 saturated heterocycles. The Morgan fingerprint density at radius 2 is 1.89 bits per heavy atom. The molecule has 0 rings (SSSR count). The minimum absolute atomic E-state index is 0. The summed E-state index contributed by atoms with van der Waals surface area (Å²) in [5.41, 5.74) is 0. The molecule has 0 aromatic carbocycles. The van der Waals surface area contributed by atoms with E-state index < -0.39 is 9.15 Å². The molecule has 0 radical (unpaired) electrons. The Kier molecular flexibility index (Phi) is 16.0. The van der Waals surface area contributed by atoms with Gasteiger partial charge in [0.05, 0.1) is 0 Å². The van der Waals surface area contributed by atoms with Crippen LogP contribution < -0.4 is 29.6 Å². The van der Waals surface area contributed by atoms with Crippen LogP contribution in [0.3, 0.4) is 0 Å². The van der Waals surface area contributed by atoms with Crippen molar-refractivity contribution in [3.8, 4) is 0 Å². The van der Waals surface area contributed by atoms with E-state index in [1.807, 2.05) is 0 Å². The molecule has 0 aliphatic rings. The first-order valence-electron chi connectivity index (χ1n) is 1.66. The molecule has 0 saturated carbocycles. The van der Waals surface area contributed by atoms with Gasteiger partial charge in [-0.3, -0.25) is 0 Å². The minimum atomic E-state index is -4.01. The van der Waals surface area contributed by atoms with Crippen LogP contribution in [0.5, 0.6) is 0 Å². The van der Waals surface area contributed by atoms with Gasteiger partial charge in [-0.2, -0.15) is 0 Å². The molecule has 0 amide bonds. The Balaban J connectivity index is -0.000000180. The van der Waals surface area contributed by atoms with Crippen molar-refractivity contribution in [1.29, 1.82) is 0 Å². The van der Waals surface area contributed by atoms with Crippen LogP contribution in [0.25, 0.3) is 0 Å². The first kappa shape index (κ1) is 17.3. The van der Waals surface area contributed by atoms with E-state index in [2.05, 4.69) is 0 Å². The molecule has 0 unspecified atom stereocenters. The zero-order valence-corrected chi connectivity index (χ0v) is 14.6. The van der Waals surface area contributed by atoms with Crippen molar-refractivity contribution >= 4 is 19.9 Å². The van der Waals surface area contributed by atoms with Crippen LogP contribution in [0.15, 0.2) is 0 Å². The summed E-state index contributed by atoms with van der Waals surface area (Å²) in [5.74, 6) is 0.325. The largest absolute Gasteiger partial charge is 1.00 e. The van der Waals surface area contributed by atoms with Crippen LogP contribution in [-0.4, -0.2) is 18.7 Å². The van der Waals surface area contributed by atoms with E-state index in [0.717, 1.165) is 0 Å². The van der Waals surface area contributed by atoms with E-state index in [0.29, 0.717) is 16.5 Å². The summed E-state index contributed by atoms with van der Waals surface area (Å²) in [6.45, 7) is 1.61. The molecule has 0 atom stereocenters. The minimum Gasteiger partial charge on any atom is -0.739 e. The second-order valence-corrected chi connectivity index (χ2v) is 4.38. The number of hydrogen-bond acceptors (Lipinski definition) is 4. The molecule has 3 nitrogen and oxygen atoms in total. The van der Waals surface area contributed by atoms with Crippen molar-refractivity contribution in [1.82, 2.24) is 0 Å². The standard InChI is InChI=1S/C2H6O3S2.Hg.Na/c1-2-6-7(3,4)5;;/h2H2,1H3,(H,3,4,5);;/q;;+1/p-1. The summed E-state index contributed by atoms with van der Waals surface area (Å²) >= 11 is 0. The third-order valence-corrected chi connectivity index (χ3v) is 2.36. The Labute approximate surface area is 101 Å². The van der Waals surface area contributed by atoms with Crippen LogP contribution in [0, 0.1) is 0 Å². The Hall–Kier alpha value is 2.20. The quantitative estimate of drug-likeness (QED) is 0.302. The van der Waals surface area contributed by atoms with E-state index in [1.54, 1.807) is 6.92 Å². The predicted octanol–water partition coefficient (Wildman–Crippen LogP) is -2.80. The van der Waals surface area contributed by atoms with Crippen molar-refractivity contribution < 1.29 is 70.2 Å². The van der Waals surface area contributed by atoms with Gasteiger partial charge < -0.3 is 4.55 Å². The second kappa shape index (κ2) is 8.29. The molecule has 7 heteroatoms. The molecule has 0 fully saturated rings. The maximum atomic E-state index is 9.64. The van der Waals surface area contributed by atoms with Crippen LogP contribution >= 0.6 is 10.8 Å². The topological polar surface area (TPSA) is 57.2 Å². The third kappa shape index (κ3) is 17.8. The van der Waals surface area contributed by atoms with Gasteiger partial charge in [0.1, 0.15) is 9.15 Å². The second-order valence-electron chi connectivity index (χ2n) is 0.815. The van der Waals surface area contributed by atoms with Crippen molar-refractivity contribution in [2.75, 3.05) is 5.75 Å². The average Bonchev–Trinajstić information content (AvgIpc) is 1.30. The first-order chi connectivity index (χ1) is 3.06. The molecule has 0 heterocycles. The SMILES string of the molecule is CCSS(=O)(=O)[O-].[Hg].[Na+]. The van der Waals surface area contributed by atoms with Gasteiger partial charge in [-0.15, -0.1) is 0 Å². The van der Waals surface area contributed by atoms with Crippen LogP contribution in [-0.2, 0) is 36.8 Å². The molecule has 0 aromatic heterocycles. The molecule has 0 aromatic rings. The van der Waals surface area contributed by atoms with Crippen molar-refractivity contribution in [3.63, 3.8) is 0 Å². The summed E-state index contributed by atoms with van der Waals surface area (Å²) < 4.78 is 28.9. The molecule has 0 N–H and O–H groups in total. The Bertz CT molecular complexity index is 133. The molecular formula is C2H5HgNaO3S2. The normalized spacial score (nSPS) is 9.11. The number of rotatable bonds is 2. The van der Waals surface area contributed by atoms with E-state index in [1.165, 1.54) is 0 Å². The summed E-state index contributed by atoms with van der Waals surface area (Å²) in [5, 5.41) is 0. The molecule has 46 valence electrons. The third-order valence-electron chi connectivity index (χ3n) is 0.262. The average molecular weight is 365 g/mol. The molecular weight excluding hydrogens is 360 g/mol. The van der Waals surface area contributed by atoms with Crippen LogP contribution in [0.2, 0.25) is 0 Å². The van der Waals surface area contributed by atoms with Crippen molar-refractivity contribution in [2.45, 2.75) is 6.92 Å². The zero-order valence-electron chi connectivity index (χ0n) is 5.46. The van der Waals surface area contributed by atoms with Gasteiger partial charge >= 0.3 is 29.6 Å². The van der Waals surface area contributed by atoms with Crippen molar-refractivity contribution in [2.24, 2.45) is 0 Å². The summed E-state index contributed by atoms with van der Waals surface area (Å²) in [6, 6.07) is 0. The van der Waals surface area contributed by atoms with Gasteiger partial charge in [0, 0.05) is 33.4 Å². The van der Waals surface area contributed by atoms with Crippen LogP contribution in [0.1, 0.15) is 6.92 Å². The molecule has 0 aliphatic carbocycles. The predicted molar refractivity (Wildman–Crippen MR) is 27.8 cm³/mol. The van der Waals surface area contributed by atoms with Gasteiger partial charge in [0.15, 0.2) is 0 Å². The first-order valence-corrected chi connectivity index (χ1v) is 4.57.